The SMILES string of the molecule is Cc1ccc(C(=O)Nc2nnc(C)s2)s1. The van der Waals surface area contributed by atoms with E-state index < -0.39 is 0 Å². The second-order valence-corrected chi connectivity index (χ2v) is 5.46. The molecule has 0 saturated carbocycles. The highest BCUT2D eigenvalue weighted by Gasteiger charge is 2.10. The second kappa shape index (κ2) is 4.08. The van der Waals surface area contributed by atoms with Crippen LogP contribution in [0.15, 0.2) is 12.1 Å². The van der Waals surface area contributed by atoms with Crippen LogP contribution in [0.3, 0.4) is 0 Å². The van der Waals surface area contributed by atoms with Crippen LogP contribution < -0.4 is 5.32 Å². The Balaban J connectivity index is 2.10. The number of hydrogen-bond acceptors (Lipinski definition) is 5. The van der Waals surface area contributed by atoms with E-state index in [-0.39, 0.29) is 5.91 Å². The van der Waals surface area contributed by atoms with Crippen molar-refractivity contribution in [1.29, 1.82) is 0 Å². The number of anilines is 1. The van der Waals surface area contributed by atoms with Crippen molar-refractivity contribution < 1.29 is 4.79 Å². The number of aromatic nitrogens is 2. The maximum atomic E-state index is 11.7. The predicted octanol–water partition coefficient (Wildman–Crippen LogP) is 2.47. The van der Waals surface area contributed by atoms with Gasteiger partial charge >= 0.3 is 0 Å². The first-order valence-corrected chi connectivity index (χ1v) is 5.96. The summed E-state index contributed by atoms with van der Waals surface area (Å²) in [5, 5.41) is 11.7. The highest BCUT2D eigenvalue weighted by Crippen LogP contribution is 2.19. The molecule has 0 bridgehead atoms. The minimum Gasteiger partial charge on any atom is -0.296 e. The molecule has 6 heteroatoms. The number of amides is 1. The summed E-state index contributed by atoms with van der Waals surface area (Å²) in [5.41, 5.74) is 0. The Morgan fingerprint density at radius 2 is 2.07 bits per heavy atom. The van der Waals surface area contributed by atoms with Crippen molar-refractivity contribution in [2.24, 2.45) is 0 Å². The van der Waals surface area contributed by atoms with Crippen molar-refractivity contribution in [3.8, 4) is 0 Å². The molecule has 0 saturated heterocycles. The molecule has 0 radical (unpaired) electrons. The van der Waals surface area contributed by atoms with Crippen molar-refractivity contribution in [2.45, 2.75) is 13.8 Å². The molecular formula is C9H9N3OS2. The maximum absolute atomic E-state index is 11.7. The fourth-order valence-electron chi connectivity index (χ4n) is 1.06. The van der Waals surface area contributed by atoms with Crippen molar-refractivity contribution in [1.82, 2.24) is 10.2 Å². The number of nitrogens with one attached hydrogen (secondary N) is 1. The lowest BCUT2D eigenvalue weighted by molar-refractivity contribution is 0.103. The number of thiophene rings is 1. The summed E-state index contributed by atoms with van der Waals surface area (Å²) < 4.78 is 0. The zero-order valence-corrected chi connectivity index (χ0v) is 9.91. The van der Waals surface area contributed by atoms with Crippen LogP contribution in [-0.4, -0.2) is 16.1 Å². The molecule has 78 valence electrons. The Bertz CT molecular complexity index is 489. The summed E-state index contributed by atoms with van der Waals surface area (Å²) in [6.45, 7) is 3.82. The highest BCUT2D eigenvalue weighted by atomic mass is 32.1. The van der Waals surface area contributed by atoms with E-state index >= 15 is 0 Å². The number of carbonyl (C=O) groups excluding carboxylic acids is 1. The molecule has 1 amide bonds. The molecular weight excluding hydrogens is 230 g/mol. The molecule has 0 aliphatic carbocycles. The van der Waals surface area contributed by atoms with Gasteiger partial charge in [0.1, 0.15) is 5.01 Å². The van der Waals surface area contributed by atoms with Gasteiger partial charge in [-0.05, 0) is 26.0 Å². The summed E-state index contributed by atoms with van der Waals surface area (Å²) in [6.07, 6.45) is 0. The molecule has 2 aromatic rings. The zero-order chi connectivity index (χ0) is 10.8. The number of rotatable bonds is 2. The maximum Gasteiger partial charge on any atom is 0.267 e. The molecule has 2 aromatic heterocycles. The van der Waals surface area contributed by atoms with Crippen molar-refractivity contribution in [3.63, 3.8) is 0 Å². The molecule has 2 rings (SSSR count). The largest absolute Gasteiger partial charge is 0.296 e. The number of hydrogen-bond donors (Lipinski definition) is 1. The van der Waals surface area contributed by atoms with E-state index in [0.29, 0.717) is 10.0 Å². The molecule has 0 spiro atoms. The number of aryl methyl sites for hydroxylation is 2. The first kappa shape index (κ1) is 10.3. The van der Waals surface area contributed by atoms with Gasteiger partial charge in [-0.15, -0.1) is 21.5 Å². The Hall–Kier alpha value is -1.27. The fraction of sp³-hybridized carbons (Fsp3) is 0.222. The Labute approximate surface area is 95.0 Å². The van der Waals surface area contributed by atoms with Gasteiger partial charge in [0.05, 0.1) is 4.88 Å². The van der Waals surface area contributed by atoms with Gasteiger partial charge in [-0.25, -0.2) is 0 Å². The van der Waals surface area contributed by atoms with E-state index in [0.717, 1.165) is 9.88 Å². The molecule has 0 unspecified atom stereocenters. The van der Waals surface area contributed by atoms with E-state index in [1.54, 1.807) is 0 Å². The third-order valence-corrected chi connectivity index (χ3v) is 3.46. The average Bonchev–Trinajstić information content (AvgIpc) is 2.75. The summed E-state index contributed by atoms with van der Waals surface area (Å²) in [7, 11) is 0. The van der Waals surface area contributed by atoms with E-state index in [1.807, 2.05) is 26.0 Å². The monoisotopic (exact) mass is 239 g/mol. The van der Waals surface area contributed by atoms with Crippen molar-refractivity contribution in [2.75, 3.05) is 5.32 Å². The van der Waals surface area contributed by atoms with Gasteiger partial charge in [0.2, 0.25) is 5.13 Å². The van der Waals surface area contributed by atoms with Gasteiger partial charge in [0.15, 0.2) is 0 Å². The minimum absolute atomic E-state index is 0.121. The molecule has 0 aromatic carbocycles. The molecule has 15 heavy (non-hydrogen) atoms. The van der Waals surface area contributed by atoms with Crippen LogP contribution in [0.1, 0.15) is 19.6 Å². The van der Waals surface area contributed by atoms with E-state index in [4.69, 9.17) is 0 Å². The Morgan fingerprint density at radius 1 is 1.27 bits per heavy atom. The van der Waals surface area contributed by atoms with Crippen LogP contribution in [0.5, 0.6) is 0 Å². The molecule has 2 heterocycles. The zero-order valence-electron chi connectivity index (χ0n) is 8.27. The molecule has 0 atom stereocenters. The highest BCUT2D eigenvalue weighted by molar-refractivity contribution is 7.16. The van der Waals surface area contributed by atoms with Gasteiger partial charge in [-0.1, -0.05) is 11.3 Å². The average molecular weight is 239 g/mol. The van der Waals surface area contributed by atoms with Crippen LogP contribution in [0, 0.1) is 13.8 Å². The summed E-state index contributed by atoms with van der Waals surface area (Å²) >= 11 is 2.83. The van der Waals surface area contributed by atoms with Crippen molar-refractivity contribution in [3.05, 3.63) is 26.9 Å². The van der Waals surface area contributed by atoms with Crippen LogP contribution >= 0.6 is 22.7 Å². The van der Waals surface area contributed by atoms with E-state index in [1.165, 1.54) is 22.7 Å². The summed E-state index contributed by atoms with van der Waals surface area (Å²) in [6, 6.07) is 3.73. The first-order valence-electron chi connectivity index (χ1n) is 4.33. The van der Waals surface area contributed by atoms with Crippen LogP contribution in [0.4, 0.5) is 5.13 Å². The summed E-state index contributed by atoms with van der Waals surface area (Å²) in [5.74, 6) is -0.121. The number of nitrogens with zero attached hydrogens (tertiary/aromatic N) is 2. The standard InChI is InChI=1S/C9H9N3OS2/c1-5-3-4-7(14-5)8(13)10-9-12-11-6(2)15-9/h3-4H,1-2H3,(H,10,12,13). The Morgan fingerprint density at radius 3 is 2.60 bits per heavy atom. The van der Waals surface area contributed by atoms with Gasteiger partial charge < -0.3 is 0 Å². The quantitative estimate of drug-likeness (QED) is 0.875. The lowest BCUT2D eigenvalue weighted by Crippen LogP contribution is -2.09. The van der Waals surface area contributed by atoms with Crippen LogP contribution in [-0.2, 0) is 0 Å². The third-order valence-electron chi connectivity index (χ3n) is 1.71. The first-order chi connectivity index (χ1) is 7.15. The molecule has 1 N–H and O–H groups in total. The third kappa shape index (κ3) is 2.40. The van der Waals surface area contributed by atoms with Gasteiger partial charge in [0, 0.05) is 4.88 Å². The Kier molecular flexibility index (Phi) is 2.79. The minimum atomic E-state index is -0.121. The topological polar surface area (TPSA) is 54.9 Å². The van der Waals surface area contributed by atoms with E-state index in [9.17, 15) is 4.79 Å². The van der Waals surface area contributed by atoms with Gasteiger partial charge in [0.25, 0.3) is 5.91 Å². The van der Waals surface area contributed by atoms with Crippen molar-refractivity contribution >= 4 is 33.7 Å². The normalized spacial score (nSPS) is 10.3. The molecule has 0 aliphatic rings. The lowest BCUT2D eigenvalue weighted by atomic mass is 10.4. The smallest absolute Gasteiger partial charge is 0.267 e. The fourth-order valence-corrected chi connectivity index (χ4v) is 2.41. The molecule has 0 aliphatic heterocycles. The van der Waals surface area contributed by atoms with Crippen LogP contribution in [0.25, 0.3) is 0 Å². The number of carbonyl (C=O) groups is 1. The van der Waals surface area contributed by atoms with Gasteiger partial charge in [-0.2, -0.15) is 0 Å². The molecule has 0 fully saturated rings. The predicted molar refractivity (Wildman–Crippen MR) is 61.7 cm³/mol. The van der Waals surface area contributed by atoms with Crippen LogP contribution in [0.2, 0.25) is 0 Å². The lowest BCUT2D eigenvalue weighted by Gasteiger charge is -1.96. The van der Waals surface area contributed by atoms with E-state index in [2.05, 4.69) is 15.5 Å². The second-order valence-electron chi connectivity index (χ2n) is 2.99. The molecule has 4 nitrogen and oxygen atoms in total. The summed E-state index contributed by atoms with van der Waals surface area (Å²) in [4.78, 5) is 13.5. The van der Waals surface area contributed by atoms with Gasteiger partial charge in [-0.3, -0.25) is 10.1 Å².